The molecule has 0 bridgehead atoms. The molecule has 0 aromatic heterocycles. The average molecular weight is 242 g/mol. The van der Waals surface area contributed by atoms with E-state index in [9.17, 15) is 4.39 Å². The van der Waals surface area contributed by atoms with E-state index in [1.165, 1.54) is 12.1 Å². The molecular formula is C12H19FN2O2. The largest absolute Gasteiger partial charge is 0.374 e. The zero-order chi connectivity index (χ0) is 12.9. The van der Waals surface area contributed by atoms with Crippen LogP contribution in [0.2, 0.25) is 0 Å². The Bertz CT molecular complexity index is 341. The van der Waals surface area contributed by atoms with E-state index >= 15 is 0 Å². The van der Waals surface area contributed by atoms with E-state index < -0.39 is 11.8 Å². The van der Waals surface area contributed by atoms with Gasteiger partial charge in [-0.15, -0.1) is 0 Å². The molecule has 4 nitrogen and oxygen atoms in total. The van der Waals surface area contributed by atoms with Crippen LogP contribution >= 0.6 is 0 Å². The lowest BCUT2D eigenvalue weighted by Gasteiger charge is -2.36. The van der Waals surface area contributed by atoms with Crippen molar-refractivity contribution in [3.8, 4) is 0 Å². The Kier molecular flexibility index (Phi) is 4.86. The van der Waals surface area contributed by atoms with Crippen molar-refractivity contribution in [1.29, 1.82) is 0 Å². The third-order valence-corrected chi connectivity index (χ3v) is 2.65. The summed E-state index contributed by atoms with van der Waals surface area (Å²) in [6.45, 7) is 2.20. The Hall–Kier alpha value is -1.17. The fourth-order valence-electron chi connectivity index (χ4n) is 1.69. The zero-order valence-corrected chi connectivity index (χ0v) is 10.4. The molecule has 1 rings (SSSR count). The molecule has 3 N–H and O–H groups in total. The van der Waals surface area contributed by atoms with Crippen LogP contribution in [0.25, 0.3) is 0 Å². The summed E-state index contributed by atoms with van der Waals surface area (Å²) in [5.41, 5.74) is 5.92. The van der Waals surface area contributed by atoms with E-state index in [-0.39, 0.29) is 5.82 Å². The summed E-state index contributed by atoms with van der Waals surface area (Å²) in [4.78, 5) is 0. The summed E-state index contributed by atoms with van der Waals surface area (Å²) >= 11 is 0. The molecule has 0 amide bonds. The molecule has 0 spiro atoms. The van der Waals surface area contributed by atoms with E-state index in [0.717, 1.165) is 5.69 Å². The highest BCUT2D eigenvalue weighted by Crippen LogP contribution is 2.20. The lowest BCUT2D eigenvalue weighted by atomic mass is 10.0. The second kappa shape index (κ2) is 5.95. The monoisotopic (exact) mass is 242 g/mol. The van der Waals surface area contributed by atoms with Gasteiger partial charge in [0.2, 0.25) is 0 Å². The van der Waals surface area contributed by atoms with Crippen LogP contribution in [0.4, 0.5) is 10.1 Å². The van der Waals surface area contributed by atoms with Gasteiger partial charge in [-0.25, -0.2) is 4.39 Å². The summed E-state index contributed by atoms with van der Waals surface area (Å²) in [6.07, 6.45) is -0.488. The Morgan fingerprint density at radius 2 is 1.82 bits per heavy atom. The van der Waals surface area contributed by atoms with Crippen LogP contribution in [0.3, 0.4) is 0 Å². The van der Waals surface area contributed by atoms with Crippen molar-refractivity contribution in [3.63, 3.8) is 0 Å². The van der Waals surface area contributed by atoms with E-state index in [1.807, 2.05) is 6.92 Å². The van der Waals surface area contributed by atoms with Gasteiger partial charge in [0.05, 0.1) is 5.54 Å². The average Bonchev–Trinajstić information content (AvgIpc) is 2.33. The summed E-state index contributed by atoms with van der Waals surface area (Å²) in [5.74, 6) is -0.278. The highest BCUT2D eigenvalue weighted by atomic mass is 19.1. The predicted molar refractivity (Wildman–Crippen MR) is 65.3 cm³/mol. The Morgan fingerprint density at radius 3 is 2.24 bits per heavy atom. The maximum atomic E-state index is 12.8. The van der Waals surface area contributed by atoms with E-state index in [0.29, 0.717) is 6.54 Å². The minimum absolute atomic E-state index is 0.278. The lowest BCUT2D eigenvalue weighted by Crippen LogP contribution is -2.54. The highest BCUT2D eigenvalue weighted by molar-refractivity contribution is 5.45. The molecule has 1 aromatic carbocycles. The van der Waals surface area contributed by atoms with Crippen LogP contribution in [0.5, 0.6) is 0 Å². The number of ether oxygens (including phenoxy) is 2. The summed E-state index contributed by atoms with van der Waals surface area (Å²) < 4.78 is 23.2. The van der Waals surface area contributed by atoms with Gasteiger partial charge < -0.3 is 20.5 Å². The predicted octanol–water partition coefficient (Wildman–Crippen LogP) is 1.57. The Labute approximate surface area is 101 Å². The molecule has 0 aliphatic carbocycles. The molecule has 5 heteroatoms. The molecule has 0 saturated carbocycles. The van der Waals surface area contributed by atoms with Crippen molar-refractivity contribution in [1.82, 2.24) is 0 Å². The number of benzene rings is 1. The van der Waals surface area contributed by atoms with Crippen LogP contribution in [0, 0.1) is 5.82 Å². The first-order valence-electron chi connectivity index (χ1n) is 5.35. The molecule has 0 radical (unpaired) electrons. The number of hydrogen-bond acceptors (Lipinski definition) is 4. The standard InChI is InChI=1S/C12H19FN2O2/c1-12(8-14,11(16-2)17-3)15-10-6-4-9(13)5-7-10/h4-7,11,15H,8,14H2,1-3H3. The maximum Gasteiger partial charge on any atom is 0.180 e. The maximum absolute atomic E-state index is 12.8. The smallest absolute Gasteiger partial charge is 0.180 e. The summed E-state index contributed by atoms with van der Waals surface area (Å²) in [7, 11) is 3.10. The Morgan fingerprint density at radius 1 is 1.29 bits per heavy atom. The highest BCUT2D eigenvalue weighted by Gasteiger charge is 2.33. The van der Waals surface area contributed by atoms with Gasteiger partial charge in [-0.3, -0.25) is 0 Å². The molecular weight excluding hydrogens is 223 g/mol. The molecule has 0 aliphatic heterocycles. The second-order valence-electron chi connectivity index (χ2n) is 4.06. The first-order chi connectivity index (χ1) is 8.05. The lowest BCUT2D eigenvalue weighted by molar-refractivity contribution is -0.134. The molecule has 0 aliphatic rings. The van der Waals surface area contributed by atoms with Gasteiger partial charge in [-0.2, -0.15) is 0 Å². The quantitative estimate of drug-likeness (QED) is 0.743. The number of hydrogen-bond donors (Lipinski definition) is 2. The van der Waals surface area contributed by atoms with Crippen LogP contribution in [0.1, 0.15) is 6.92 Å². The molecule has 0 saturated heterocycles. The number of nitrogens with two attached hydrogens (primary N) is 1. The van der Waals surface area contributed by atoms with Crippen molar-refractivity contribution >= 4 is 5.69 Å². The first-order valence-corrected chi connectivity index (χ1v) is 5.35. The van der Waals surface area contributed by atoms with Crippen LogP contribution in [-0.2, 0) is 9.47 Å². The molecule has 17 heavy (non-hydrogen) atoms. The number of methoxy groups -OCH3 is 2. The fourth-order valence-corrected chi connectivity index (χ4v) is 1.69. The third kappa shape index (κ3) is 3.39. The van der Waals surface area contributed by atoms with Gasteiger partial charge in [0, 0.05) is 26.5 Å². The van der Waals surface area contributed by atoms with Gasteiger partial charge in [0.15, 0.2) is 6.29 Å². The van der Waals surface area contributed by atoms with Crippen molar-refractivity contribution < 1.29 is 13.9 Å². The van der Waals surface area contributed by atoms with E-state index in [4.69, 9.17) is 15.2 Å². The molecule has 0 fully saturated rings. The summed E-state index contributed by atoms with van der Waals surface area (Å²) in [5, 5.41) is 3.19. The third-order valence-electron chi connectivity index (χ3n) is 2.65. The topological polar surface area (TPSA) is 56.5 Å². The molecule has 1 aromatic rings. The SMILES string of the molecule is COC(OC)C(C)(CN)Nc1ccc(F)cc1. The first kappa shape index (κ1) is 13.9. The van der Waals surface area contributed by atoms with E-state index in [2.05, 4.69) is 5.32 Å². The van der Waals surface area contributed by atoms with Crippen molar-refractivity contribution in [2.45, 2.75) is 18.8 Å². The van der Waals surface area contributed by atoms with Gasteiger partial charge in [-0.1, -0.05) is 0 Å². The van der Waals surface area contributed by atoms with Crippen LogP contribution in [0.15, 0.2) is 24.3 Å². The summed E-state index contributed by atoms with van der Waals surface area (Å²) in [6, 6.07) is 6.05. The molecule has 1 atom stereocenters. The zero-order valence-electron chi connectivity index (χ0n) is 10.4. The van der Waals surface area contributed by atoms with Crippen molar-refractivity contribution in [3.05, 3.63) is 30.1 Å². The molecule has 96 valence electrons. The van der Waals surface area contributed by atoms with Gasteiger partial charge >= 0.3 is 0 Å². The van der Waals surface area contributed by atoms with Crippen molar-refractivity contribution in [2.24, 2.45) is 5.73 Å². The van der Waals surface area contributed by atoms with Crippen LogP contribution < -0.4 is 11.1 Å². The normalized spacial score (nSPS) is 14.7. The molecule has 0 heterocycles. The van der Waals surface area contributed by atoms with Gasteiger partial charge in [-0.05, 0) is 31.2 Å². The molecule has 1 unspecified atom stereocenters. The number of nitrogens with one attached hydrogen (secondary N) is 1. The number of anilines is 1. The number of rotatable bonds is 6. The minimum atomic E-state index is -0.582. The van der Waals surface area contributed by atoms with Crippen molar-refractivity contribution in [2.75, 3.05) is 26.1 Å². The minimum Gasteiger partial charge on any atom is -0.374 e. The Balaban J connectivity index is 2.84. The second-order valence-corrected chi connectivity index (χ2v) is 4.06. The van der Waals surface area contributed by atoms with Crippen LogP contribution in [-0.4, -0.2) is 32.6 Å². The van der Waals surface area contributed by atoms with Gasteiger partial charge in [0.1, 0.15) is 5.82 Å². The number of halogens is 1. The van der Waals surface area contributed by atoms with Gasteiger partial charge in [0.25, 0.3) is 0 Å². The van der Waals surface area contributed by atoms with E-state index in [1.54, 1.807) is 26.4 Å². The fraction of sp³-hybridized carbons (Fsp3) is 0.500.